The van der Waals surface area contributed by atoms with Gasteiger partial charge in [0.15, 0.2) is 0 Å². The normalized spacial score (nSPS) is 17.5. The monoisotopic (exact) mass is 366 g/mol. The van der Waals surface area contributed by atoms with Crippen molar-refractivity contribution in [2.24, 2.45) is 10.9 Å². The Morgan fingerprint density at radius 3 is 2.58 bits per heavy atom. The molecule has 0 saturated heterocycles. The van der Waals surface area contributed by atoms with Crippen molar-refractivity contribution in [2.75, 3.05) is 20.2 Å². The lowest BCUT2D eigenvalue weighted by Gasteiger charge is -2.27. The van der Waals surface area contributed by atoms with Crippen LogP contribution in [0.4, 0.5) is 14.5 Å². The number of carbonyl (C=O) groups is 1. The number of hydrogen-bond donors (Lipinski definition) is 0. The maximum absolute atomic E-state index is 13.2. The van der Waals surface area contributed by atoms with Crippen molar-refractivity contribution in [3.8, 4) is 0 Å². The van der Waals surface area contributed by atoms with E-state index in [-0.39, 0.29) is 25.4 Å². The van der Waals surface area contributed by atoms with Gasteiger partial charge in [0.25, 0.3) is 0 Å². The molecule has 1 aromatic carbocycles. The van der Waals surface area contributed by atoms with E-state index in [1.807, 2.05) is 32.7 Å². The molecule has 6 heteroatoms. The SMILES string of the molecule is CCN(C)C=Nc1ccc(C(=O)OCC2CCC(F)(F)CC2)c(C)c1C. The standard InChI is InChI=1S/C20H28F2N2O2/c1-5-24(4)13-23-18-7-6-17(14(2)15(18)3)19(25)26-12-16-8-10-20(21,22)11-9-16/h6-7,13,16H,5,8-12H2,1-4H3. The molecule has 0 spiro atoms. The summed E-state index contributed by atoms with van der Waals surface area (Å²) in [5.74, 6) is -2.94. The van der Waals surface area contributed by atoms with Gasteiger partial charge in [-0.2, -0.15) is 0 Å². The first-order chi connectivity index (χ1) is 12.2. The summed E-state index contributed by atoms with van der Waals surface area (Å²) in [6, 6.07) is 3.53. The molecule has 2 rings (SSSR count). The molecule has 0 heterocycles. The molecule has 1 aliphatic rings. The van der Waals surface area contributed by atoms with Crippen molar-refractivity contribution in [1.29, 1.82) is 0 Å². The lowest BCUT2D eigenvalue weighted by Crippen LogP contribution is -2.27. The van der Waals surface area contributed by atoms with Crippen molar-refractivity contribution in [3.05, 3.63) is 28.8 Å². The summed E-state index contributed by atoms with van der Waals surface area (Å²) < 4.78 is 31.8. The van der Waals surface area contributed by atoms with E-state index in [0.29, 0.717) is 18.4 Å². The Bertz CT molecular complexity index is 664. The van der Waals surface area contributed by atoms with E-state index in [2.05, 4.69) is 4.99 Å². The number of hydrogen-bond acceptors (Lipinski definition) is 3. The van der Waals surface area contributed by atoms with E-state index in [1.54, 1.807) is 18.5 Å². The van der Waals surface area contributed by atoms with E-state index < -0.39 is 11.9 Å². The van der Waals surface area contributed by atoms with Gasteiger partial charge >= 0.3 is 5.97 Å². The minimum Gasteiger partial charge on any atom is -0.462 e. The zero-order valence-corrected chi connectivity index (χ0v) is 16.0. The van der Waals surface area contributed by atoms with E-state index in [1.165, 1.54) is 0 Å². The number of rotatable bonds is 6. The predicted molar refractivity (Wildman–Crippen MR) is 99.6 cm³/mol. The van der Waals surface area contributed by atoms with E-state index in [9.17, 15) is 13.6 Å². The van der Waals surface area contributed by atoms with Gasteiger partial charge in [0, 0.05) is 26.4 Å². The zero-order valence-electron chi connectivity index (χ0n) is 16.0. The summed E-state index contributed by atoms with van der Waals surface area (Å²) >= 11 is 0. The summed E-state index contributed by atoms with van der Waals surface area (Å²) in [6.45, 7) is 6.90. The molecule has 0 amide bonds. The number of carbonyl (C=O) groups excluding carboxylic acids is 1. The largest absolute Gasteiger partial charge is 0.462 e. The molecule has 0 N–H and O–H groups in total. The minimum absolute atomic E-state index is 0.0217. The van der Waals surface area contributed by atoms with Gasteiger partial charge in [0.2, 0.25) is 5.92 Å². The fraction of sp³-hybridized carbons (Fsp3) is 0.600. The van der Waals surface area contributed by atoms with E-state index in [0.717, 1.165) is 23.4 Å². The minimum atomic E-state index is -2.56. The van der Waals surface area contributed by atoms with Gasteiger partial charge in [0.1, 0.15) is 0 Å². The van der Waals surface area contributed by atoms with Crippen LogP contribution >= 0.6 is 0 Å². The molecule has 0 aromatic heterocycles. The van der Waals surface area contributed by atoms with Crippen LogP contribution < -0.4 is 0 Å². The van der Waals surface area contributed by atoms with E-state index in [4.69, 9.17) is 4.74 Å². The fourth-order valence-electron chi connectivity index (χ4n) is 2.95. The summed E-state index contributed by atoms with van der Waals surface area (Å²) in [6.07, 6.45) is 2.32. The van der Waals surface area contributed by atoms with Gasteiger partial charge in [-0.1, -0.05) is 0 Å². The first-order valence-electron chi connectivity index (χ1n) is 9.13. The third-order valence-electron chi connectivity index (χ3n) is 5.16. The second-order valence-corrected chi connectivity index (χ2v) is 7.10. The molecular weight excluding hydrogens is 338 g/mol. The van der Waals surface area contributed by atoms with E-state index >= 15 is 0 Å². The molecule has 1 aliphatic carbocycles. The van der Waals surface area contributed by atoms with Crippen LogP contribution in [0.3, 0.4) is 0 Å². The highest BCUT2D eigenvalue weighted by Crippen LogP contribution is 2.36. The van der Waals surface area contributed by atoms with Gasteiger partial charge in [-0.3, -0.25) is 0 Å². The highest BCUT2D eigenvalue weighted by molar-refractivity contribution is 5.92. The average molecular weight is 366 g/mol. The molecule has 0 aliphatic heterocycles. The third-order valence-corrected chi connectivity index (χ3v) is 5.16. The van der Waals surface area contributed by atoms with Crippen LogP contribution in [0.5, 0.6) is 0 Å². The molecule has 0 radical (unpaired) electrons. The number of ether oxygens (including phenoxy) is 1. The van der Waals surface area contributed by atoms with Gasteiger partial charge in [0.05, 0.1) is 24.2 Å². The lowest BCUT2D eigenvalue weighted by molar-refractivity contribution is -0.0526. The summed E-state index contributed by atoms with van der Waals surface area (Å²) in [5.41, 5.74) is 3.08. The number of esters is 1. The fourth-order valence-corrected chi connectivity index (χ4v) is 2.95. The van der Waals surface area contributed by atoms with Crippen molar-refractivity contribution in [3.63, 3.8) is 0 Å². The molecule has 1 fully saturated rings. The second kappa shape index (κ2) is 8.60. The zero-order chi connectivity index (χ0) is 19.3. The van der Waals surface area contributed by atoms with Crippen LogP contribution in [0.25, 0.3) is 0 Å². The second-order valence-electron chi connectivity index (χ2n) is 7.10. The molecule has 4 nitrogen and oxygen atoms in total. The summed E-state index contributed by atoms with van der Waals surface area (Å²) in [5, 5.41) is 0. The quantitative estimate of drug-likeness (QED) is 0.409. The van der Waals surface area contributed by atoms with Gasteiger partial charge in [-0.25, -0.2) is 18.6 Å². The predicted octanol–water partition coefficient (Wildman–Crippen LogP) is 4.90. The Morgan fingerprint density at radius 1 is 1.31 bits per heavy atom. The van der Waals surface area contributed by atoms with Crippen LogP contribution in [0.1, 0.15) is 54.1 Å². The van der Waals surface area contributed by atoms with Crippen LogP contribution in [0.15, 0.2) is 17.1 Å². The summed E-state index contributed by atoms with van der Waals surface area (Å²) in [4.78, 5) is 18.8. The Morgan fingerprint density at radius 2 is 1.96 bits per heavy atom. The maximum Gasteiger partial charge on any atom is 0.338 e. The maximum atomic E-state index is 13.2. The molecule has 0 unspecified atom stereocenters. The van der Waals surface area contributed by atoms with Crippen molar-refractivity contribution in [1.82, 2.24) is 4.90 Å². The van der Waals surface area contributed by atoms with Crippen LogP contribution in [0.2, 0.25) is 0 Å². The van der Waals surface area contributed by atoms with Gasteiger partial charge < -0.3 is 9.64 Å². The Kier molecular flexibility index (Phi) is 6.73. The van der Waals surface area contributed by atoms with Crippen LogP contribution in [-0.4, -0.2) is 43.3 Å². The Labute approximate surface area is 154 Å². The number of aliphatic imine (C=N–C) groups is 1. The van der Waals surface area contributed by atoms with Gasteiger partial charge in [-0.05, 0) is 62.8 Å². The average Bonchev–Trinajstić information content (AvgIpc) is 2.61. The number of alkyl halides is 2. The third kappa shape index (κ3) is 5.26. The molecule has 0 bridgehead atoms. The molecule has 26 heavy (non-hydrogen) atoms. The molecule has 144 valence electrons. The Hall–Kier alpha value is -1.98. The van der Waals surface area contributed by atoms with Crippen molar-refractivity contribution in [2.45, 2.75) is 52.4 Å². The summed E-state index contributed by atoms with van der Waals surface area (Å²) in [7, 11) is 1.94. The smallest absolute Gasteiger partial charge is 0.338 e. The molecule has 1 saturated carbocycles. The van der Waals surface area contributed by atoms with Gasteiger partial charge in [-0.15, -0.1) is 0 Å². The topological polar surface area (TPSA) is 41.9 Å². The van der Waals surface area contributed by atoms with Crippen LogP contribution in [-0.2, 0) is 4.74 Å². The number of benzene rings is 1. The number of halogens is 2. The van der Waals surface area contributed by atoms with Crippen LogP contribution in [0, 0.1) is 19.8 Å². The number of nitrogens with zero attached hydrogens (tertiary/aromatic N) is 2. The molecule has 0 atom stereocenters. The highest BCUT2D eigenvalue weighted by Gasteiger charge is 2.35. The first-order valence-corrected chi connectivity index (χ1v) is 9.13. The molecule has 1 aromatic rings. The first kappa shape index (κ1) is 20.3. The highest BCUT2D eigenvalue weighted by atomic mass is 19.3. The van der Waals surface area contributed by atoms with Crippen molar-refractivity contribution < 1.29 is 18.3 Å². The Balaban J connectivity index is 1.99. The molecular formula is C20H28F2N2O2. The van der Waals surface area contributed by atoms with Crippen molar-refractivity contribution >= 4 is 18.0 Å². The lowest BCUT2D eigenvalue weighted by atomic mass is 9.87.